The Labute approximate surface area is 234 Å². The van der Waals surface area contributed by atoms with Gasteiger partial charge < -0.3 is 15.1 Å². The fraction of sp³-hybridized carbons (Fsp3) is 0.452. The number of nitrogens with zero attached hydrogens (tertiary/aromatic N) is 2. The molecule has 0 amide bonds. The maximum atomic E-state index is 12.4. The fourth-order valence-electron chi connectivity index (χ4n) is 6.32. The number of piperidine rings is 1. The number of carboxylic acids is 1. The van der Waals surface area contributed by atoms with Gasteiger partial charge in [0.25, 0.3) is 0 Å². The van der Waals surface area contributed by atoms with E-state index >= 15 is 0 Å². The number of rotatable bonds is 10. The molecule has 0 radical (unpaired) electrons. The van der Waals surface area contributed by atoms with Crippen molar-refractivity contribution in [1.29, 1.82) is 0 Å². The molecule has 2 aromatic carbocycles. The van der Waals surface area contributed by atoms with Gasteiger partial charge in [0.05, 0.1) is 5.60 Å². The highest BCUT2D eigenvalue weighted by Gasteiger charge is 2.42. The number of carbonyl (C=O) groups is 1. The third kappa shape index (κ3) is 6.67. The minimum Gasteiger partial charge on any atom is -0.480 e. The van der Waals surface area contributed by atoms with Gasteiger partial charge in [-0.25, -0.2) is 0 Å². The van der Waals surface area contributed by atoms with Gasteiger partial charge >= 0.3 is 5.97 Å². The molecule has 2 fully saturated rings. The molecule has 5 rings (SSSR count). The number of hydrogen-bond donors (Lipinski definition) is 2. The summed E-state index contributed by atoms with van der Waals surface area (Å²) in [5.74, 6) is -0.194. The monoisotopic (exact) mass is 552 g/mol. The average molecular weight is 553 g/mol. The van der Waals surface area contributed by atoms with Crippen molar-refractivity contribution in [3.63, 3.8) is 0 Å². The first-order valence-electron chi connectivity index (χ1n) is 13.6. The van der Waals surface area contributed by atoms with Crippen molar-refractivity contribution < 1.29 is 15.0 Å². The lowest BCUT2D eigenvalue weighted by Crippen LogP contribution is -2.46. The predicted octanol–water partition coefficient (Wildman–Crippen LogP) is 6.09. The smallest absolute Gasteiger partial charge is 0.325 e. The normalized spacial score (nSPS) is 22.9. The van der Waals surface area contributed by atoms with E-state index in [2.05, 4.69) is 50.9 Å². The van der Waals surface area contributed by atoms with Crippen LogP contribution in [0, 0.1) is 5.92 Å². The second-order valence-corrected chi connectivity index (χ2v) is 12.3. The summed E-state index contributed by atoms with van der Waals surface area (Å²) in [5.41, 5.74) is 2.82. The van der Waals surface area contributed by atoms with Crippen LogP contribution in [0.4, 0.5) is 0 Å². The maximum Gasteiger partial charge on any atom is 0.325 e. The summed E-state index contributed by atoms with van der Waals surface area (Å²) >= 11 is 7.77. The molecular weight excluding hydrogens is 516 g/mol. The zero-order valence-corrected chi connectivity index (χ0v) is 23.3. The molecule has 0 spiro atoms. The molecule has 2 aliphatic rings. The number of aryl methyl sites for hydroxylation is 1. The van der Waals surface area contributed by atoms with Crippen LogP contribution in [-0.4, -0.2) is 64.3 Å². The van der Waals surface area contributed by atoms with Crippen LogP contribution in [-0.2, 0) is 11.2 Å². The zero-order valence-electron chi connectivity index (χ0n) is 21.7. The molecule has 0 saturated carbocycles. The minimum atomic E-state index is -0.824. The van der Waals surface area contributed by atoms with E-state index < -0.39 is 17.6 Å². The molecule has 2 N–H and O–H groups in total. The molecule has 2 saturated heterocycles. The third-order valence-corrected chi connectivity index (χ3v) is 9.41. The molecule has 3 atom stereocenters. The van der Waals surface area contributed by atoms with Crippen LogP contribution in [0.1, 0.15) is 54.3 Å². The summed E-state index contributed by atoms with van der Waals surface area (Å²) in [5, 5.41) is 26.3. The van der Waals surface area contributed by atoms with Crippen LogP contribution < -0.4 is 0 Å². The van der Waals surface area contributed by atoms with Crippen LogP contribution in [0.15, 0.2) is 71.4 Å². The second kappa shape index (κ2) is 12.3. The van der Waals surface area contributed by atoms with Gasteiger partial charge in [0, 0.05) is 43.7 Å². The molecular formula is C31H37ClN2O3S. The molecule has 202 valence electrons. The Morgan fingerprint density at radius 2 is 1.79 bits per heavy atom. The lowest BCUT2D eigenvalue weighted by molar-refractivity contribution is -0.143. The Kier molecular flexibility index (Phi) is 8.86. The molecule has 3 heterocycles. The van der Waals surface area contributed by atoms with Crippen molar-refractivity contribution in [2.75, 3.05) is 32.7 Å². The molecule has 38 heavy (non-hydrogen) atoms. The van der Waals surface area contributed by atoms with E-state index in [1.807, 2.05) is 18.2 Å². The zero-order chi connectivity index (χ0) is 26.5. The number of hydrogen-bond acceptors (Lipinski definition) is 5. The SMILES string of the molecule is O=C(O)C(c1ccc(Cl)cc1)N1CC(CN2CCC(O)(CCCc3ccccc3)CC2)C(c2ccsc2)C1. The second-order valence-electron chi connectivity index (χ2n) is 11.0. The number of halogens is 1. The Bertz CT molecular complexity index is 1160. The lowest BCUT2D eigenvalue weighted by Gasteiger charge is -2.40. The van der Waals surface area contributed by atoms with Gasteiger partial charge in [-0.05, 0) is 83.7 Å². The van der Waals surface area contributed by atoms with E-state index in [1.165, 1.54) is 11.1 Å². The first kappa shape index (κ1) is 27.4. The van der Waals surface area contributed by atoms with Crippen molar-refractivity contribution in [2.24, 2.45) is 5.92 Å². The topological polar surface area (TPSA) is 64.0 Å². The first-order valence-corrected chi connectivity index (χ1v) is 15.0. The standard InChI is InChI=1S/C31H37ClN2O3S/c32-27-10-8-24(9-11-27)29(30(35)36)34-20-26(28(21-34)25-12-18-38-22-25)19-33-16-14-31(37,15-17-33)13-4-7-23-5-2-1-3-6-23/h1-3,5-6,8-12,18,22,26,28-29,37H,4,7,13-17,19-21H2,(H,35,36). The number of aliphatic carboxylic acids is 1. The highest BCUT2D eigenvalue weighted by Crippen LogP contribution is 2.39. The van der Waals surface area contributed by atoms with E-state index in [-0.39, 0.29) is 0 Å². The molecule has 3 unspecified atom stereocenters. The molecule has 7 heteroatoms. The van der Waals surface area contributed by atoms with Crippen molar-refractivity contribution in [1.82, 2.24) is 9.80 Å². The van der Waals surface area contributed by atoms with Gasteiger partial charge in [-0.2, -0.15) is 11.3 Å². The van der Waals surface area contributed by atoms with Crippen LogP contribution in [0.5, 0.6) is 0 Å². The van der Waals surface area contributed by atoms with Crippen molar-refractivity contribution in [2.45, 2.75) is 49.7 Å². The van der Waals surface area contributed by atoms with Crippen LogP contribution in [0.25, 0.3) is 0 Å². The lowest BCUT2D eigenvalue weighted by atomic mass is 9.84. The predicted molar refractivity (Wildman–Crippen MR) is 154 cm³/mol. The van der Waals surface area contributed by atoms with E-state index in [0.717, 1.165) is 70.4 Å². The summed E-state index contributed by atoms with van der Waals surface area (Å²) in [6.07, 6.45) is 4.44. The molecule has 1 aromatic heterocycles. The van der Waals surface area contributed by atoms with Gasteiger partial charge in [0.15, 0.2) is 0 Å². The van der Waals surface area contributed by atoms with Crippen LogP contribution >= 0.6 is 22.9 Å². The van der Waals surface area contributed by atoms with Gasteiger partial charge in [-0.3, -0.25) is 9.69 Å². The number of aliphatic hydroxyl groups is 1. The molecule has 0 bridgehead atoms. The molecule has 3 aromatic rings. The summed E-state index contributed by atoms with van der Waals surface area (Å²) < 4.78 is 0. The van der Waals surface area contributed by atoms with Gasteiger partial charge in [0.1, 0.15) is 6.04 Å². The first-order chi connectivity index (χ1) is 18.4. The van der Waals surface area contributed by atoms with Crippen LogP contribution in [0.3, 0.4) is 0 Å². The van der Waals surface area contributed by atoms with Crippen molar-refractivity contribution in [3.8, 4) is 0 Å². The molecule has 2 aliphatic heterocycles. The Morgan fingerprint density at radius 1 is 1.05 bits per heavy atom. The summed E-state index contributed by atoms with van der Waals surface area (Å²) in [6, 6.07) is 19.2. The third-order valence-electron chi connectivity index (χ3n) is 8.46. The number of benzene rings is 2. The highest BCUT2D eigenvalue weighted by atomic mass is 35.5. The van der Waals surface area contributed by atoms with E-state index in [0.29, 0.717) is 16.9 Å². The van der Waals surface area contributed by atoms with Crippen molar-refractivity contribution in [3.05, 3.63) is 93.1 Å². The summed E-state index contributed by atoms with van der Waals surface area (Å²) in [4.78, 5) is 17.0. The highest BCUT2D eigenvalue weighted by molar-refractivity contribution is 7.08. The summed E-state index contributed by atoms with van der Waals surface area (Å²) in [7, 11) is 0. The van der Waals surface area contributed by atoms with Crippen LogP contribution in [0.2, 0.25) is 5.02 Å². The number of likely N-dealkylation sites (tertiary alicyclic amines) is 2. The van der Waals surface area contributed by atoms with Crippen molar-refractivity contribution >= 4 is 28.9 Å². The van der Waals surface area contributed by atoms with E-state index in [9.17, 15) is 15.0 Å². The Hall–Kier alpha value is -2.22. The Balaban J connectivity index is 1.21. The minimum absolute atomic E-state index is 0.294. The fourth-order valence-corrected chi connectivity index (χ4v) is 7.17. The molecule has 0 aliphatic carbocycles. The van der Waals surface area contributed by atoms with E-state index in [4.69, 9.17) is 11.6 Å². The average Bonchev–Trinajstić information content (AvgIpc) is 3.58. The van der Waals surface area contributed by atoms with E-state index in [1.54, 1.807) is 23.5 Å². The van der Waals surface area contributed by atoms with Gasteiger partial charge in [0.2, 0.25) is 0 Å². The van der Waals surface area contributed by atoms with Gasteiger partial charge in [-0.1, -0.05) is 54.1 Å². The largest absolute Gasteiger partial charge is 0.480 e. The Morgan fingerprint density at radius 3 is 2.45 bits per heavy atom. The number of carboxylic acid groups (broad SMARTS) is 1. The quantitative estimate of drug-likeness (QED) is 0.318. The summed E-state index contributed by atoms with van der Waals surface area (Å²) in [6.45, 7) is 4.14. The molecule has 5 nitrogen and oxygen atoms in total. The maximum absolute atomic E-state index is 12.4. The number of thiophene rings is 1. The van der Waals surface area contributed by atoms with Gasteiger partial charge in [-0.15, -0.1) is 0 Å².